The minimum Gasteiger partial charge on any atom is -0.478 e. The Kier molecular flexibility index (Phi) is 3.20. The Hall–Kier alpha value is -2.14. The number of hydrogen-bond donors (Lipinski definition) is 1. The largest absolute Gasteiger partial charge is 0.478 e. The first kappa shape index (κ1) is 11.3. The van der Waals surface area contributed by atoms with Crippen LogP contribution < -0.4 is 4.74 Å². The van der Waals surface area contributed by atoms with Crippen LogP contribution >= 0.6 is 11.6 Å². The van der Waals surface area contributed by atoms with Crippen LogP contribution in [-0.4, -0.2) is 21.0 Å². The third kappa shape index (κ3) is 2.92. The minimum absolute atomic E-state index is 0.00783. The lowest BCUT2D eigenvalue weighted by molar-refractivity contribution is 0.0696. The molecule has 0 aliphatic rings. The standard InChI is InChI=1S/C11H7ClN2O3/c12-8-1-3-9(4-2-8)17-11-13-5-7(6-14-11)10(15)16/h1-6H,(H,15,16). The molecule has 0 bridgehead atoms. The molecule has 0 amide bonds. The molecule has 1 aromatic heterocycles. The van der Waals surface area contributed by atoms with E-state index >= 15 is 0 Å². The molecule has 6 heteroatoms. The van der Waals surface area contributed by atoms with Crippen molar-refractivity contribution in [2.75, 3.05) is 0 Å². The van der Waals surface area contributed by atoms with Crippen LogP contribution in [0, 0.1) is 0 Å². The van der Waals surface area contributed by atoms with Crippen molar-refractivity contribution in [3.63, 3.8) is 0 Å². The number of halogens is 1. The van der Waals surface area contributed by atoms with Gasteiger partial charge in [0.15, 0.2) is 0 Å². The first-order chi connectivity index (χ1) is 8.15. The number of nitrogens with zero attached hydrogens (tertiary/aromatic N) is 2. The summed E-state index contributed by atoms with van der Waals surface area (Å²) in [6.07, 6.45) is 2.36. The van der Waals surface area contributed by atoms with Crippen molar-refractivity contribution in [2.45, 2.75) is 0 Å². The number of ether oxygens (including phenoxy) is 1. The number of rotatable bonds is 3. The number of aromatic carboxylic acids is 1. The fourth-order valence-corrected chi connectivity index (χ4v) is 1.21. The Morgan fingerprint density at radius 3 is 2.29 bits per heavy atom. The van der Waals surface area contributed by atoms with Gasteiger partial charge in [0.2, 0.25) is 0 Å². The Labute approximate surface area is 102 Å². The summed E-state index contributed by atoms with van der Waals surface area (Å²) in [4.78, 5) is 18.1. The summed E-state index contributed by atoms with van der Waals surface area (Å²) in [6, 6.07) is 6.75. The summed E-state index contributed by atoms with van der Waals surface area (Å²) in [5, 5.41) is 9.26. The highest BCUT2D eigenvalue weighted by Gasteiger charge is 2.05. The molecule has 0 unspecified atom stereocenters. The van der Waals surface area contributed by atoms with Crippen molar-refractivity contribution in [3.05, 3.63) is 47.2 Å². The molecule has 0 saturated heterocycles. The molecule has 5 nitrogen and oxygen atoms in total. The third-order valence-electron chi connectivity index (χ3n) is 1.90. The van der Waals surface area contributed by atoms with E-state index in [0.717, 1.165) is 0 Å². The molecule has 1 N–H and O–H groups in total. The fourth-order valence-electron chi connectivity index (χ4n) is 1.09. The second-order valence-electron chi connectivity index (χ2n) is 3.12. The van der Waals surface area contributed by atoms with Crippen molar-refractivity contribution in [3.8, 4) is 11.8 Å². The third-order valence-corrected chi connectivity index (χ3v) is 2.15. The maximum Gasteiger partial charge on any atom is 0.338 e. The SMILES string of the molecule is O=C(O)c1cnc(Oc2ccc(Cl)cc2)nc1. The van der Waals surface area contributed by atoms with E-state index in [4.69, 9.17) is 21.4 Å². The summed E-state index contributed by atoms with van der Waals surface area (Å²) >= 11 is 5.72. The number of hydrogen-bond acceptors (Lipinski definition) is 4. The summed E-state index contributed by atoms with van der Waals surface area (Å²) in [5.74, 6) is -0.555. The molecule has 0 aliphatic heterocycles. The monoisotopic (exact) mass is 250 g/mol. The van der Waals surface area contributed by atoms with Crippen LogP contribution in [0.25, 0.3) is 0 Å². The number of benzene rings is 1. The van der Waals surface area contributed by atoms with Gasteiger partial charge in [0.05, 0.1) is 5.56 Å². The predicted molar refractivity (Wildman–Crippen MR) is 60.5 cm³/mol. The molecular formula is C11H7ClN2O3. The van der Waals surface area contributed by atoms with E-state index in [1.54, 1.807) is 24.3 Å². The lowest BCUT2D eigenvalue weighted by Gasteiger charge is -2.03. The van der Waals surface area contributed by atoms with E-state index in [0.29, 0.717) is 10.8 Å². The highest BCUT2D eigenvalue weighted by Crippen LogP contribution is 2.19. The van der Waals surface area contributed by atoms with Crippen molar-refractivity contribution in [1.29, 1.82) is 0 Å². The first-order valence-corrected chi connectivity index (χ1v) is 5.02. The van der Waals surface area contributed by atoms with Gasteiger partial charge in [-0.05, 0) is 24.3 Å². The molecule has 0 atom stereocenters. The molecular weight excluding hydrogens is 244 g/mol. The molecule has 17 heavy (non-hydrogen) atoms. The lowest BCUT2D eigenvalue weighted by atomic mass is 10.3. The molecule has 0 spiro atoms. The molecule has 2 aromatic rings. The van der Waals surface area contributed by atoms with E-state index < -0.39 is 5.97 Å². The van der Waals surface area contributed by atoms with Crippen molar-refractivity contribution in [2.24, 2.45) is 0 Å². The van der Waals surface area contributed by atoms with E-state index in [-0.39, 0.29) is 11.6 Å². The van der Waals surface area contributed by atoms with Crippen LogP contribution in [0.2, 0.25) is 5.02 Å². The number of carbonyl (C=O) groups is 1. The highest BCUT2D eigenvalue weighted by atomic mass is 35.5. The zero-order valence-corrected chi connectivity index (χ0v) is 9.26. The van der Waals surface area contributed by atoms with Gasteiger partial charge in [0.1, 0.15) is 5.75 Å². The number of carboxylic acids is 1. The van der Waals surface area contributed by atoms with Gasteiger partial charge in [-0.3, -0.25) is 0 Å². The van der Waals surface area contributed by atoms with E-state index in [2.05, 4.69) is 9.97 Å². The Bertz CT molecular complexity index is 525. The molecule has 0 aliphatic carbocycles. The van der Waals surface area contributed by atoms with Gasteiger partial charge < -0.3 is 9.84 Å². The van der Waals surface area contributed by atoms with E-state index in [9.17, 15) is 4.79 Å². The summed E-state index contributed by atoms with van der Waals surface area (Å²) in [6.45, 7) is 0. The first-order valence-electron chi connectivity index (χ1n) is 4.64. The summed E-state index contributed by atoms with van der Waals surface area (Å²) < 4.78 is 5.29. The van der Waals surface area contributed by atoms with E-state index in [1.807, 2.05) is 0 Å². The van der Waals surface area contributed by atoms with Crippen molar-refractivity contribution < 1.29 is 14.6 Å². The van der Waals surface area contributed by atoms with Gasteiger partial charge >= 0.3 is 12.0 Å². The van der Waals surface area contributed by atoms with Crippen LogP contribution in [0.4, 0.5) is 0 Å². The summed E-state index contributed by atoms with van der Waals surface area (Å²) in [5.41, 5.74) is 0.00783. The topological polar surface area (TPSA) is 72.3 Å². The van der Waals surface area contributed by atoms with Gasteiger partial charge in [-0.15, -0.1) is 0 Å². The fraction of sp³-hybridized carbons (Fsp3) is 0. The number of aromatic nitrogens is 2. The number of carboxylic acid groups (broad SMARTS) is 1. The lowest BCUT2D eigenvalue weighted by Crippen LogP contribution is -1.99. The Balaban J connectivity index is 2.13. The van der Waals surface area contributed by atoms with Crippen LogP contribution in [0.1, 0.15) is 10.4 Å². The smallest absolute Gasteiger partial charge is 0.338 e. The molecule has 0 saturated carbocycles. The summed E-state index contributed by atoms with van der Waals surface area (Å²) in [7, 11) is 0. The zero-order valence-electron chi connectivity index (χ0n) is 8.50. The molecule has 1 aromatic carbocycles. The molecule has 0 fully saturated rings. The van der Waals surface area contributed by atoms with Crippen molar-refractivity contribution in [1.82, 2.24) is 9.97 Å². The Morgan fingerprint density at radius 2 is 1.76 bits per heavy atom. The Morgan fingerprint density at radius 1 is 1.18 bits per heavy atom. The quantitative estimate of drug-likeness (QED) is 0.907. The van der Waals surface area contributed by atoms with Gasteiger partial charge in [-0.25, -0.2) is 14.8 Å². The molecule has 1 heterocycles. The minimum atomic E-state index is -1.08. The van der Waals surface area contributed by atoms with Gasteiger partial charge in [-0.2, -0.15) is 0 Å². The zero-order chi connectivity index (χ0) is 12.3. The predicted octanol–water partition coefficient (Wildman–Crippen LogP) is 2.62. The maximum absolute atomic E-state index is 10.6. The van der Waals surface area contributed by atoms with Gasteiger partial charge in [0.25, 0.3) is 0 Å². The van der Waals surface area contributed by atoms with Crippen LogP contribution in [-0.2, 0) is 0 Å². The average molecular weight is 251 g/mol. The second kappa shape index (κ2) is 4.80. The van der Waals surface area contributed by atoms with Crippen LogP contribution in [0.5, 0.6) is 11.8 Å². The average Bonchev–Trinajstić information content (AvgIpc) is 2.33. The van der Waals surface area contributed by atoms with Crippen LogP contribution in [0.3, 0.4) is 0 Å². The van der Waals surface area contributed by atoms with E-state index in [1.165, 1.54) is 12.4 Å². The highest BCUT2D eigenvalue weighted by molar-refractivity contribution is 6.30. The second-order valence-corrected chi connectivity index (χ2v) is 3.55. The van der Waals surface area contributed by atoms with Crippen LogP contribution in [0.15, 0.2) is 36.7 Å². The normalized spacial score (nSPS) is 9.94. The molecule has 86 valence electrons. The van der Waals surface area contributed by atoms with Gasteiger partial charge in [-0.1, -0.05) is 11.6 Å². The molecule has 0 radical (unpaired) electrons. The maximum atomic E-state index is 10.6. The van der Waals surface area contributed by atoms with Crippen molar-refractivity contribution >= 4 is 17.6 Å². The molecule has 2 rings (SSSR count). The van der Waals surface area contributed by atoms with Gasteiger partial charge in [0, 0.05) is 17.4 Å².